The number of thiocarbonyl (C=S) groups is 1. The first-order valence-corrected chi connectivity index (χ1v) is 10.9. The summed E-state index contributed by atoms with van der Waals surface area (Å²) in [4.78, 5) is 1.97. The summed E-state index contributed by atoms with van der Waals surface area (Å²) in [6, 6.07) is 17.0. The molecule has 2 fully saturated rings. The van der Waals surface area contributed by atoms with Crippen molar-refractivity contribution >= 4 is 55.2 Å². The van der Waals surface area contributed by atoms with Crippen molar-refractivity contribution in [1.29, 1.82) is 0 Å². The average molecular weight is 390 g/mol. The van der Waals surface area contributed by atoms with Crippen LogP contribution in [0.25, 0.3) is 0 Å². The highest BCUT2D eigenvalue weighted by Gasteiger charge is 2.48. The maximum atomic E-state index is 11.9. The predicted octanol–water partition coefficient (Wildman–Crippen LogP) is 4.11. The summed E-state index contributed by atoms with van der Waals surface area (Å²) in [7, 11) is -2.97. The smallest absolute Gasteiger partial charge is 0.153 e. The van der Waals surface area contributed by atoms with Gasteiger partial charge in [-0.05, 0) is 36.4 Å². The molecule has 2 saturated heterocycles. The Hall–Kier alpha value is -1.77. The van der Waals surface area contributed by atoms with E-state index in [0.29, 0.717) is 0 Å². The van der Waals surface area contributed by atoms with Crippen LogP contribution in [0.2, 0.25) is 0 Å². The maximum absolute atomic E-state index is 11.9. The number of hydrogen-bond acceptors (Lipinski definition) is 6. The summed E-state index contributed by atoms with van der Waals surface area (Å²) in [5.74, 6) is 0.378. The van der Waals surface area contributed by atoms with Gasteiger partial charge < -0.3 is 4.90 Å². The van der Waals surface area contributed by atoms with Gasteiger partial charge in [-0.1, -0.05) is 42.2 Å². The lowest BCUT2D eigenvalue weighted by molar-refractivity contribution is 0.601. The van der Waals surface area contributed by atoms with E-state index >= 15 is 0 Å². The van der Waals surface area contributed by atoms with E-state index in [1.54, 1.807) is 0 Å². The van der Waals surface area contributed by atoms with Crippen LogP contribution in [0.4, 0.5) is 17.1 Å². The average Bonchev–Trinajstić information content (AvgIpc) is 3.04. The first-order valence-electron chi connectivity index (χ1n) is 7.79. The zero-order valence-corrected chi connectivity index (χ0v) is 15.6. The lowest BCUT2D eigenvalue weighted by atomic mass is 10.2. The van der Waals surface area contributed by atoms with Gasteiger partial charge in [-0.25, -0.2) is 8.42 Å². The molecular weight excluding hydrogens is 374 g/mol. The summed E-state index contributed by atoms with van der Waals surface area (Å²) in [6.07, 6.45) is 0. The van der Waals surface area contributed by atoms with E-state index < -0.39 is 9.84 Å². The first kappa shape index (κ1) is 16.7. The van der Waals surface area contributed by atoms with Crippen molar-refractivity contribution < 1.29 is 8.42 Å². The quantitative estimate of drug-likeness (QED) is 0.584. The molecule has 0 aromatic heterocycles. The second kappa shape index (κ2) is 6.51. The topological polar surface area (TPSA) is 62.1 Å². The fraction of sp³-hybridized carbons (Fsp3) is 0.235. The van der Waals surface area contributed by atoms with Crippen molar-refractivity contribution in [3.05, 3.63) is 54.6 Å². The number of anilines is 1. The van der Waals surface area contributed by atoms with Gasteiger partial charge in [0.1, 0.15) is 4.32 Å². The number of rotatable bonds is 3. The Morgan fingerprint density at radius 3 is 2.28 bits per heavy atom. The maximum Gasteiger partial charge on any atom is 0.153 e. The van der Waals surface area contributed by atoms with Crippen LogP contribution in [0.1, 0.15) is 0 Å². The number of azo groups is 1. The van der Waals surface area contributed by atoms with Crippen LogP contribution in [-0.2, 0) is 9.84 Å². The minimum atomic E-state index is -2.97. The van der Waals surface area contributed by atoms with Gasteiger partial charge in [0.05, 0.1) is 28.9 Å². The highest BCUT2D eigenvalue weighted by Crippen LogP contribution is 2.41. The molecule has 2 aliphatic heterocycles. The number of sulfone groups is 1. The van der Waals surface area contributed by atoms with E-state index in [1.165, 1.54) is 11.8 Å². The van der Waals surface area contributed by atoms with Crippen molar-refractivity contribution in [3.63, 3.8) is 0 Å². The Bertz CT molecular complexity index is 927. The molecule has 2 aromatic carbocycles. The molecule has 128 valence electrons. The zero-order valence-electron chi connectivity index (χ0n) is 13.1. The third kappa shape index (κ3) is 3.47. The van der Waals surface area contributed by atoms with Gasteiger partial charge in [-0.2, -0.15) is 10.2 Å². The van der Waals surface area contributed by atoms with E-state index in [2.05, 4.69) is 10.2 Å². The standard InChI is InChI=1S/C17H15N3O2S3/c21-25(22)10-15-16(11-25)24-17(23)20(15)14-8-6-13(7-9-14)19-18-12-4-2-1-3-5-12/h1-9,15-16H,10-11H2. The minimum Gasteiger partial charge on any atom is -0.322 e. The number of nitrogens with zero attached hydrogens (tertiary/aromatic N) is 3. The van der Waals surface area contributed by atoms with Crippen LogP contribution in [0.3, 0.4) is 0 Å². The second-order valence-electron chi connectivity index (χ2n) is 5.99. The fourth-order valence-electron chi connectivity index (χ4n) is 3.06. The molecule has 8 heteroatoms. The molecule has 0 N–H and O–H groups in total. The lowest BCUT2D eigenvalue weighted by Crippen LogP contribution is -2.36. The Balaban J connectivity index is 1.54. The molecular formula is C17H15N3O2S3. The van der Waals surface area contributed by atoms with E-state index in [0.717, 1.165) is 21.4 Å². The van der Waals surface area contributed by atoms with Gasteiger partial charge in [-0.15, -0.1) is 0 Å². The number of hydrogen-bond donors (Lipinski definition) is 0. The third-order valence-corrected chi connectivity index (χ3v) is 7.81. The SMILES string of the molecule is O=S1(=O)CC2SC(=S)N(c3ccc(N=Nc4ccccc4)cc3)C2C1. The Morgan fingerprint density at radius 2 is 1.60 bits per heavy atom. The molecule has 2 aromatic rings. The van der Waals surface area contributed by atoms with Crippen molar-refractivity contribution in [2.75, 3.05) is 16.4 Å². The van der Waals surface area contributed by atoms with E-state index in [-0.39, 0.29) is 22.8 Å². The van der Waals surface area contributed by atoms with Crippen molar-refractivity contribution in [1.82, 2.24) is 0 Å². The molecule has 5 nitrogen and oxygen atoms in total. The minimum absolute atomic E-state index is 0.0370. The van der Waals surface area contributed by atoms with Crippen LogP contribution in [0, 0.1) is 0 Å². The van der Waals surface area contributed by atoms with E-state index in [9.17, 15) is 8.42 Å². The van der Waals surface area contributed by atoms with Crippen LogP contribution in [-0.4, -0.2) is 35.5 Å². The molecule has 0 spiro atoms. The molecule has 2 unspecified atom stereocenters. The predicted molar refractivity (Wildman–Crippen MR) is 106 cm³/mol. The van der Waals surface area contributed by atoms with Crippen molar-refractivity contribution in [2.24, 2.45) is 10.2 Å². The Morgan fingerprint density at radius 1 is 0.960 bits per heavy atom. The van der Waals surface area contributed by atoms with Crippen LogP contribution >= 0.6 is 24.0 Å². The zero-order chi connectivity index (χ0) is 17.4. The highest BCUT2D eigenvalue weighted by molar-refractivity contribution is 8.24. The van der Waals surface area contributed by atoms with Crippen molar-refractivity contribution in [2.45, 2.75) is 11.3 Å². The summed E-state index contributed by atoms with van der Waals surface area (Å²) < 4.78 is 24.5. The fourth-order valence-corrected chi connectivity index (χ4v) is 7.44. The van der Waals surface area contributed by atoms with E-state index in [4.69, 9.17) is 12.2 Å². The monoisotopic (exact) mass is 389 g/mol. The Labute approximate surface area is 156 Å². The lowest BCUT2D eigenvalue weighted by Gasteiger charge is -2.24. The number of benzene rings is 2. The summed E-state index contributed by atoms with van der Waals surface area (Å²) in [5, 5.41) is 8.46. The molecule has 2 heterocycles. The van der Waals surface area contributed by atoms with Gasteiger partial charge in [-0.3, -0.25) is 0 Å². The summed E-state index contributed by atoms with van der Waals surface area (Å²) in [5.41, 5.74) is 2.43. The molecule has 2 atom stereocenters. The second-order valence-corrected chi connectivity index (χ2v) is 10.0. The molecule has 4 rings (SSSR count). The highest BCUT2D eigenvalue weighted by atomic mass is 32.2. The van der Waals surface area contributed by atoms with Crippen LogP contribution in [0.5, 0.6) is 0 Å². The molecule has 0 amide bonds. The molecule has 0 radical (unpaired) electrons. The normalized spacial score (nSPS) is 24.8. The van der Waals surface area contributed by atoms with Gasteiger partial charge >= 0.3 is 0 Å². The molecule has 25 heavy (non-hydrogen) atoms. The largest absolute Gasteiger partial charge is 0.322 e. The van der Waals surface area contributed by atoms with Gasteiger partial charge in [0.2, 0.25) is 0 Å². The third-order valence-electron chi connectivity index (χ3n) is 4.22. The summed E-state index contributed by atoms with van der Waals surface area (Å²) in [6.45, 7) is 0. The first-order chi connectivity index (χ1) is 12.0. The van der Waals surface area contributed by atoms with Crippen LogP contribution < -0.4 is 4.90 Å². The van der Waals surface area contributed by atoms with Gasteiger partial charge in [0.25, 0.3) is 0 Å². The number of thioether (sulfide) groups is 1. The molecule has 0 bridgehead atoms. The molecule has 2 aliphatic rings. The van der Waals surface area contributed by atoms with Gasteiger partial charge in [0.15, 0.2) is 9.84 Å². The summed E-state index contributed by atoms with van der Waals surface area (Å²) >= 11 is 6.94. The number of fused-ring (bicyclic) bond motifs is 1. The van der Waals surface area contributed by atoms with Gasteiger partial charge in [0, 0.05) is 10.9 Å². The van der Waals surface area contributed by atoms with E-state index in [1.807, 2.05) is 59.5 Å². The Kier molecular flexibility index (Phi) is 4.35. The molecule has 0 saturated carbocycles. The van der Waals surface area contributed by atoms with Crippen LogP contribution in [0.15, 0.2) is 64.8 Å². The molecule has 0 aliphatic carbocycles. The van der Waals surface area contributed by atoms with Crippen molar-refractivity contribution in [3.8, 4) is 0 Å².